The Morgan fingerprint density at radius 3 is 2.20 bits per heavy atom. The predicted molar refractivity (Wildman–Crippen MR) is 85.5 cm³/mol. The van der Waals surface area contributed by atoms with Gasteiger partial charge < -0.3 is 4.48 Å². The fourth-order valence-electron chi connectivity index (χ4n) is 3.05. The minimum Gasteiger partial charge on any atom is -0.324 e. The molecule has 0 unspecified atom stereocenters. The molecule has 20 heavy (non-hydrogen) atoms. The molecule has 0 amide bonds. The minimum absolute atomic E-state index is 1.12. The molecule has 2 aromatic rings. The van der Waals surface area contributed by atoms with Crippen LogP contribution >= 0.6 is 0 Å². The van der Waals surface area contributed by atoms with Crippen molar-refractivity contribution < 1.29 is 9.05 Å². The Kier molecular flexibility index (Phi) is 5.13. The number of aromatic nitrogens is 1. The lowest BCUT2D eigenvalue weighted by Crippen LogP contribution is -2.49. The summed E-state index contributed by atoms with van der Waals surface area (Å²) < 4.78 is 3.58. The number of hydrogen-bond acceptors (Lipinski definition) is 0. The van der Waals surface area contributed by atoms with Gasteiger partial charge in [0.15, 0.2) is 18.9 Å². The molecule has 1 heterocycles. The molecule has 108 valence electrons. The van der Waals surface area contributed by atoms with E-state index in [1.165, 1.54) is 47.9 Å². The van der Waals surface area contributed by atoms with Crippen LogP contribution in [-0.4, -0.2) is 30.7 Å². The molecule has 0 aliphatic rings. The van der Waals surface area contributed by atoms with Crippen molar-refractivity contribution in [1.29, 1.82) is 0 Å². The van der Waals surface area contributed by atoms with E-state index in [9.17, 15) is 0 Å². The maximum Gasteiger partial charge on any atom is 0.176 e. The van der Waals surface area contributed by atoms with Gasteiger partial charge in [0.05, 0.1) is 32.6 Å². The van der Waals surface area contributed by atoms with Gasteiger partial charge in [0.1, 0.15) is 0 Å². The first-order valence-corrected chi connectivity index (χ1v) is 7.96. The quantitative estimate of drug-likeness (QED) is 0.537. The largest absolute Gasteiger partial charge is 0.324 e. The van der Waals surface area contributed by atoms with Crippen molar-refractivity contribution in [2.75, 3.05) is 26.2 Å². The van der Waals surface area contributed by atoms with Gasteiger partial charge in [-0.25, -0.2) is 4.57 Å². The first-order valence-electron chi connectivity index (χ1n) is 7.96. The molecule has 0 atom stereocenters. The average molecular weight is 272 g/mol. The number of aryl methyl sites for hydroxylation is 1. The van der Waals surface area contributed by atoms with Gasteiger partial charge in [-0.15, -0.1) is 0 Å². The van der Waals surface area contributed by atoms with E-state index in [-0.39, 0.29) is 0 Å². The highest BCUT2D eigenvalue weighted by Gasteiger charge is 2.20. The monoisotopic (exact) mass is 272 g/mol. The Bertz CT molecular complexity index is 536. The van der Waals surface area contributed by atoms with Crippen LogP contribution in [-0.2, 0) is 6.54 Å². The van der Waals surface area contributed by atoms with Crippen LogP contribution in [0.3, 0.4) is 0 Å². The molecule has 0 aliphatic heterocycles. The van der Waals surface area contributed by atoms with Gasteiger partial charge >= 0.3 is 0 Å². The summed E-state index contributed by atoms with van der Waals surface area (Å²) in [5.74, 6) is 0. The van der Waals surface area contributed by atoms with Gasteiger partial charge in [-0.1, -0.05) is 18.2 Å². The van der Waals surface area contributed by atoms with Crippen molar-refractivity contribution in [3.05, 3.63) is 42.7 Å². The van der Waals surface area contributed by atoms with E-state index in [0.717, 1.165) is 6.54 Å². The van der Waals surface area contributed by atoms with E-state index in [1.54, 1.807) is 0 Å². The second-order valence-electron chi connectivity index (χ2n) is 5.68. The first kappa shape index (κ1) is 15.0. The van der Waals surface area contributed by atoms with Crippen LogP contribution in [0.15, 0.2) is 42.7 Å². The number of fused-ring (bicyclic) bond motifs is 1. The van der Waals surface area contributed by atoms with Crippen molar-refractivity contribution in [3.8, 4) is 0 Å². The summed E-state index contributed by atoms with van der Waals surface area (Å²) in [7, 11) is 0. The number of pyridine rings is 1. The van der Waals surface area contributed by atoms with Crippen LogP contribution in [0.4, 0.5) is 0 Å². The fraction of sp³-hybridized carbons (Fsp3) is 0.500. The number of hydrogen-bond donors (Lipinski definition) is 0. The smallest absolute Gasteiger partial charge is 0.176 e. The van der Waals surface area contributed by atoms with Gasteiger partial charge in [-0.3, -0.25) is 0 Å². The van der Waals surface area contributed by atoms with Gasteiger partial charge in [0.2, 0.25) is 0 Å². The molecule has 0 N–H and O–H groups in total. The minimum atomic E-state index is 1.12. The SMILES string of the molecule is CC[N+](CC)(CC)CCC[n+]1ccc2ccccc2c1. The zero-order valence-electron chi connectivity index (χ0n) is 13.2. The highest BCUT2D eigenvalue weighted by Crippen LogP contribution is 2.10. The Labute approximate surface area is 123 Å². The van der Waals surface area contributed by atoms with Crippen LogP contribution in [0.2, 0.25) is 0 Å². The van der Waals surface area contributed by atoms with Crippen LogP contribution in [0.5, 0.6) is 0 Å². The maximum atomic E-state index is 2.33. The van der Waals surface area contributed by atoms with Crippen LogP contribution in [0.25, 0.3) is 10.8 Å². The molecule has 2 heteroatoms. The zero-order valence-corrected chi connectivity index (χ0v) is 13.2. The summed E-state index contributed by atoms with van der Waals surface area (Å²) in [5.41, 5.74) is 0. The molecule has 0 spiro atoms. The molecule has 0 fully saturated rings. The summed E-state index contributed by atoms with van der Waals surface area (Å²) in [6.45, 7) is 13.1. The molecule has 0 bridgehead atoms. The third kappa shape index (κ3) is 3.37. The van der Waals surface area contributed by atoms with Crippen molar-refractivity contribution in [2.45, 2.75) is 33.7 Å². The van der Waals surface area contributed by atoms with Crippen LogP contribution in [0.1, 0.15) is 27.2 Å². The Balaban J connectivity index is 1.99. The molecular formula is C18H28N2+2. The average Bonchev–Trinajstić information content (AvgIpc) is 2.52. The molecule has 0 aliphatic carbocycles. The third-order valence-electron chi connectivity index (χ3n) is 4.81. The second kappa shape index (κ2) is 6.85. The van der Waals surface area contributed by atoms with E-state index >= 15 is 0 Å². The van der Waals surface area contributed by atoms with Crippen molar-refractivity contribution in [2.24, 2.45) is 0 Å². The molecule has 1 aromatic heterocycles. The van der Waals surface area contributed by atoms with Gasteiger partial charge in [0, 0.05) is 11.5 Å². The number of rotatable bonds is 7. The normalized spacial score (nSPS) is 11.9. The standard InChI is InChI=1S/C18H28N2/c1-4-20(5-2,6-3)15-9-13-19-14-12-17-10-7-8-11-18(17)16-19/h7-8,10-12,14,16H,4-6,9,13,15H2,1-3H3/q+2. The predicted octanol–water partition coefficient (Wildman–Crippen LogP) is 3.39. The van der Waals surface area contributed by atoms with Gasteiger partial charge in [-0.05, 0) is 32.2 Å². The molecule has 0 saturated heterocycles. The van der Waals surface area contributed by atoms with Crippen LogP contribution in [0, 0.1) is 0 Å². The number of quaternary nitrogens is 1. The lowest BCUT2D eigenvalue weighted by molar-refractivity contribution is -0.925. The van der Waals surface area contributed by atoms with Crippen molar-refractivity contribution in [1.82, 2.24) is 0 Å². The molecule has 0 saturated carbocycles. The Hall–Kier alpha value is -1.41. The molecule has 0 radical (unpaired) electrons. The molecule has 2 nitrogen and oxygen atoms in total. The second-order valence-corrected chi connectivity index (χ2v) is 5.68. The van der Waals surface area contributed by atoms with E-state index in [2.05, 4.69) is 68.1 Å². The van der Waals surface area contributed by atoms with E-state index < -0.39 is 0 Å². The summed E-state index contributed by atoms with van der Waals surface area (Å²) in [4.78, 5) is 0. The lowest BCUT2D eigenvalue weighted by atomic mass is 10.2. The fourth-order valence-corrected chi connectivity index (χ4v) is 3.05. The summed E-state index contributed by atoms with van der Waals surface area (Å²) in [6, 6.07) is 10.8. The molecule has 1 aromatic carbocycles. The summed E-state index contributed by atoms with van der Waals surface area (Å²) >= 11 is 0. The highest BCUT2D eigenvalue weighted by molar-refractivity contribution is 5.80. The van der Waals surface area contributed by atoms with Crippen molar-refractivity contribution >= 4 is 10.8 Å². The third-order valence-corrected chi connectivity index (χ3v) is 4.81. The lowest BCUT2D eigenvalue weighted by Gasteiger charge is -2.35. The summed E-state index contributed by atoms with van der Waals surface area (Å²) in [6.07, 6.45) is 5.73. The first-order chi connectivity index (χ1) is 9.73. The number of nitrogens with zero attached hydrogens (tertiary/aromatic N) is 2. The van der Waals surface area contributed by atoms with Crippen LogP contribution < -0.4 is 4.57 Å². The van der Waals surface area contributed by atoms with E-state index in [0.29, 0.717) is 0 Å². The topological polar surface area (TPSA) is 3.88 Å². The van der Waals surface area contributed by atoms with Gasteiger partial charge in [0.25, 0.3) is 0 Å². The Morgan fingerprint density at radius 1 is 0.900 bits per heavy atom. The zero-order chi connectivity index (χ0) is 14.4. The maximum absolute atomic E-state index is 2.33. The van der Waals surface area contributed by atoms with E-state index in [1.807, 2.05) is 0 Å². The molecular weight excluding hydrogens is 244 g/mol. The summed E-state index contributed by atoms with van der Waals surface area (Å²) in [5, 5.41) is 2.65. The van der Waals surface area contributed by atoms with E-state index in [4.69, 9.17) is 0 Å². The van der Waals surface area contributed by atoms with Gasteiger partial charge in [-0.2, -0.15) is 0 Å². The highest BCUT2D eigenvalue weighted by atomic mass is 15.3. The van der Waals surface area contributed by atoms with Crippen molar-refractivity contribution in [3.63, 3.8) is 0 Å². The number of benzene rings is 1. The Morgan fingerprint density at radius 2 is 1.55 bits per heavy atom. The molecule has 2 rings (SSSR count).